The fraction of sp³-hybridized carbons (Fsp3) is 0.750. The van der Waals surface area contributed by atoms with E-state index in [0.29, 0.717) is 6.61 Å². The second kappa shape index (κ2) is 6.08. The zero-order chi connectivity index (χ0) is 9.45. The maximum atomic E-state index is 12.4. The maximum absolute atomic E-state index is 12.4. The molecule has 0 aliphatic heterocycles. The molecule has 0 fully saturated rings. The summed E-state index contributed by atoms with van der Waals surface area (Å²) in [6, 6.07) is 0. The molecule has 0 spiro atoms. The highest BCUT2D eigenvalue weighted by atomic mass is 19.3. The second-order valence-corrected chi connectivity index (χ2v) is 2.54. The molecular formula is C8H15F2NO. The van der Waals surface area contributed by atoms with E-state index in [0.717, 1.165) is 12.8 Å². The molecule has 12 heavy (non-hydrogen) atoms. The SMILES string of the molecule is C=CCCCOCC(F)(F)CN. The van der Waals surface area contributed by atoms with Crippen LogP contribution in [0.25, 0.3) is 0 Å². The Morgan fingerprint density at radius 3 is 2.67 bits per heavy atom. The summed E-state index contributed by atoms with van der Waals surface area (Å²) < 4.78 is 29.5. The number of rotatable bonds is 7. The smallest absolute Gasteiger partial charge is 0.282 e. The maximum Gasteiger partial charge on any atom is 0.282 e. The van der Waals surface area contributed by atoms with Crippen LogP contribution in [0.4, 0.5) is 8.78 Å². The summed E-state index contributed by atoms with van der Waals surface area (Å²) in [6.07, 6.45) is 3.24. The van der Waals surface area contributed by atoms with Crippen LogP contribution >= 0.6 is 0 Å². The molecule has 0 radical (unpaired) electrons. The molecule has 0 unspecified atom stereocenters. The number of nitrogens with two attached hydrogens (primary N) is 1. The number of alkyl halides is 2. The summed E-state index contributed by atoms with van der Waals surface area (Å²) >= 11 is 0. The molecule has 0 aromatic rings. The van der Waals surface area contributed by atoms with Crippen molar-refractivity contribution in [1.82, 2.24) is 0 Å². The van der Waals surface area contributed by atoms with Crippen molar-refractivity contribution in [3.63, 3.8) is 0 Å². The van der Waals surface area contributed by atoms with E-state index in [4.69, 9.17) is 10.5 Å². The highest BCUT2D eigenvalue weighted by Gasteiger charge is 2.26. The molecular weight excluding hydrogens is 164 g/mol. The summed E-state index contributed by atoms with van der Waals surface area (Å²) in [7, 11) is 0. The van der Waals surface area contributed by atoms with Crippen LogP contribution < -0.4 is 5.73 Å². The number of unbranched alkanes of at least 4 members (excludes halogenated alkanes) is 1. The van der Waals surface area contributed by atoms with Crippen LogP contribution in [-0.4, -0.2) is 25.7 Å². The fourth-order valence-corrected chi connectivity index (χ4v) is 0.610. The third kappa shape index (κ3) is 6.24. The van der Waals surface area contributed by atoms with Gasteiger partial charge < -0.3 is 10.5 Å². The lowest BCUT2D eigenvalue weighted by Crippen LogP contribution is -2.33. The monoisotopic (exact) mass is 179 g/mol. The van der Waals surface area contributed by atoms with Crippen LogP contribution in [0, 0.1) is 0 Å². The second-order valence-electron chi connectivity index (χ2n) is 2.54. The molecule has 0 aromatic heterocycles. The van der Waals surface area contributed by atoms with Crippen molar-refractivity contribution in [1.29, 1.82) is 0 Å². The van der Waals surface area contributed by atoms with Gasteiger partial charge in [0.05, 0.1) is 6.54 Å². The highest BCUT2D eigenvalue weighted by molar-refractivity contribution is 4.67. The molecule has 0 aromatic carbocycles. The summed E-state index contributed by atoms with van der Waals surface area (Å²) in [5.41, 5.74) is 4.80. The van der Waals surface area contributed by atoms with Gasteiger partial charge in [0.15, 0.2) is 0 Å². The Morgan fingerprint density at radius 1 is 1.50 bits per heavy atom. The first kappa shape index (κ1) is 11.5. The van der Waals surface area contributed by atoms with Gasteiger partial charge in [0.25, 0.3) is 5.92 Å². The Hall–Kier alpha value is -0.480. The average molecular weight is 179 g/mol. The van der Waals surface area contributed by atoms with Gasteiger partial charge in [-0.3, -0.25) is 0 Å². The van der Waals surface area contributed by atoms with Gasteiger partial charge in [0.2, 0.25) is 0 Å². The standard InChI is InChI=1S/C8H15F2NO/c1-2-3-4-5-12-7-8(9,10)6-11/h2H,1,3-7,11H2. The first-order valence-corrected chi connectivity index (χ1v) is 3.89. The lowest BCUT2D eigenvalue weighted by molar-refractivity contribution is -0.0694. The summed E-state index contributed by atoms with van der Waals surface area (Å²) in [6.45, 7) is 2.59. The van der Waals surface area contributed by atoms with Crippen molar-refractivity contribution >= 4 is 0 Å². The van der Waals surface area contributed by atoms with Crippen LogP contribution in [-0.2, 0) is 4.74 Å². The van der Waals surface area contributed by atoms with E-state index >= 15 is 0 Å². The third-order valence-corrected chi connectivity index (χ3v) is 1.31. The minimum atomic E-state index is -2.88. The Kier molecular flexibility index (Phi) is 5.84. The van der Waals surface area contributed by atoms with Crippen LogP contribution in [0.1, 0.15) is 12.8 Å². The third-order valence-electron chi connectivity index (χ3n) is 1.31. The van der Waals surface area contributed by atoms with E-state index in [-0.39, 0.29) is 0 Å². The van der Waals surface area contributed by atoms with E-state index in [2.05, 4.69) is 6.58 Å². The molecule has 72 valence electrons. The quantitative estimate of drug-likeness (QED) is 0.475. The molecule has 0 heterocycles. The predicted octanol–water partition coefficient (Wildman–Crippen LogP) is 1.56. The normalized spacial score (nSPS) is 11.6. The number of hydrogen-bond donors (Lipinski definition) is 1. The number of halogens is 2. The molecule has 0 bridgehead atoms. The zero-order valence-corrected chi connectivity index (χ0v) is 7.06. The topological polar surface area (TPSA) is 35.2 Å². The van der Waals surface area contributed by atoms with Crippen molar-refractivity contribution in [3.8, 4) is 0 Å². The molecule has 0 rings (SSSR count). The van der Waals surface area contributed by atoms with Gasteiger partial charge in [-0.2, -0.15) is 0 Å². The van der Waals surface area contributed by atoms with E-state index in [1.165, 1.54) is 0 Å². The molecule has 0 amide bonds. The summed E-state index contributed by atoms with van der Waals surface area (Å²) in [5, 5.41) is 0. The number of hydrogen-bond acceptors (Lipinski definition) is 2. The minimum absolute atomic E-state index is 0.335. The van der Waals surface area contributed by atoms with Gasteiger partial charge in [-0.1, -0.05) is 6.08 Å². The summed E-state index contributed by atoms with van der Waals surface area (Å²) in [4.78, 5) is 0. The van der Waals surface area contributed by atoms with Gasteiger partial charge in [-0.15, -0.1) is 6.58 Å². The van der Waals surface area contributed by atoms with Crippen molar-refractivity contribution < 1.29 is 13.5 Å². The molecule has 0 aliphatic carbocycles. The van der Waals surface area contributed by atoms with Gasteiger partial charge in [0, 0.05) is 6.61 Å². The van der Waals surface area contributed by atoms with Gasteiger partial charge >= 0.3 is 0 Å². The van der Waals surface area contributed by atoms with Crippen LogP contribution in [0.2, 0.25) is 0 Å². The van der Waals surface area contributed by atoms with Crippen LogP contribution in [0.3, 0.4) is 0 Å². The fourth-order valence-electron chi connectivity index (χ4n) is 0.610. The molecule has 2 nitrogen and oxygen atoms in total. The molecule has 0 aliphatic rings. The average Bonchev–Trinajstić information content (AvgIpc) is 2.04. The lowest BCUT2D eigenvalue weighted by Gasteiger charge is -2.13. The number of ether oxygens (including phenoxy) is 1. The van der Waals surface area contributed by atoms with E-state index in [1.807, 2.05) is 0 Å². The Bertz CT molecular complexity index is 128. The minimum Gasteiger partial charge on any atom is -0.375 e. The number of allylic oxidation sites excluding steroid dienone is 1. The van der Waals surface area contributed by atoms with Crippen LogP contribution in [0.15, 0.2) is 12.7 Å². The van der Waals surface area contributed by atoms with E-state index < -0.39 is 19.1 Å². The summed E-state index contributed by atoms with van der Waals surface area (Å²) in [5.74, 6) is -2.88. The van der Waals surface area contributed by atoms with E-state index in [1.54, 1.807) is 6.08 Å². The van der Waals surface area contributed by atoms with Crippen LogP contribution in [0.5, 0.6) is 0 Å². The lowest BCUT2D eigenvalue weighted by atomic mass is 10.3. The van der Waals surface area contributed by atoms with Gasteiger partial charge in [-0.05, 0) is 12.8 Å². The molecule has 4 heteroatoms. The van der Waals surface area contributed by atoms with Crippen molar-refractivity contribution in [2.45, 2.75) is 18.8 Å². The highest BCUT2D eigenvalue weighted by Crippen LogP contribution is 2.11. The molecule has 2 N–H and O–H groups in total. The Labute approximate surface area is 71.4 Å². The van der Waals surface area contributed by atoms with Gasteiger partial charge in [-0.25, -0.2) is 8.78 Å². The zero-order valence-electron chi connectivity index (χ0n) is 7.06. The largest absolute Gasteiger partial charge is 0.375 e. The first-order chi connectivity index (χ1) is 5.62. The molecule has 0 atom stereocenters. The Morgan fingerprint density at radius 2 is 2.17 bits per heavy atom. The first-order valence-electron chi connectivity index (χ1n) is 3.89. The molecule has 0 saturated carbocycles. The predicted molar refractivity (Wildman–Crippen MR) is 44.3 cm³/mol. The van der Waals surface area contributed by atoms with Crippen molar-refractivity contribution in [2.75, 3.05) is 19.8 Å². The van der Waals surface area contributed by atoms with E-state index in [9.17, 15) is 8.78 Å². The molecule has 0 saturated heterocycles. The van der Waals surface area contributed by atoms with Crippen molar-refractivity contribution in [3.05, 3.63) is 12.7 Å². The Balaban J connectivity index is 3.24. The van der Waals surface area contributed by atoms with Gasteiger partial charge in [0.1, 0.15) is 6.61 Å². The van der Waals surface area contributed by atoms with Crippen molar-refractivity contribution in [2.24, 2.45) is 5.73 Å².